The van der Waals surface area contributed by atoms with E-state index in [-0.39, 0.29) is 18.8 Å². The maximum absolute atomic E-state index is 10.8. The van der Waals surface area contributed by atoms with Crippen LogP contribution in [0.25, 0.3) is 5.70 Å². The summed E-state index contributed by atoms with van der Waals surface area (Å²) >= 11 is 1.60. The molecule has 0 radical (unpaired) electrons. The number of hydrogen-bond acceptors (Lipinski definition) is 5. The number of amidine groups is 1. The van der Waals surface area contributed by atoms with E-state index in [1.807, 2.05) is 24.3 Å². The van der Waals surface area contributed by atoms with Gasteiger partial charge in [-0.05, 0) is 36.2 Å². The van der Waals surface area contributed by atoms with E-state index >= 15 is 0 Å². The zero-order valence-electron chi connectivity index (χ0n) is 12.1. The molecular weight excluding hydrogens is 324 g/mol. The second kappa shape index (κ2) is 7.07. The fraction of sp³-hybridized carbons (Fsp3) is 0.333. The lowest BCUT2D eigenvalue weighted by molar-refractivity contribution is -0.136. The molecule has 1 N–H and O–H groups in total. The summed E-state index contributed by atoms with van der Waals surface area (Å²) < 4.78 is 5.19. The van der Waals surface area contributed by atoms with Crippen LogP contribution >= 0.6 is 24.2 Å². The van der Waals surface area contributed by atoms with Crippen molar-refractivity contribution < 1.29 is 14.6 Å². The zero-order chi connectivity index (χ0) is 14.8. The number of benzene rings is 1. The Bertz CT molecular complexity index is 628. The van der Waals surface area contributed by atoms with Crippen molar-refractivity contribution in [3.05, 3.63) is 34.7 Å². The quantitative estimate of drug-likeness (QED) is 0.892. The van der Waals surface area contributed by atoms with Crippen LogP contribution in [0.1, 0.15) is 18.4 Å². The third-order valence-corrected chi connectivity index (χ3v) is 4.66. The highest BCUT2D eigenvalue weighted by atomic mass is 35.5. The molecule has 0 bridgehead atoms. The lowest BCUT2D eigenvalue weighted by Crippen LogP contribution is -2.20. The predicted molar refractivity (Wildman–Crippen MR) is 90.6 cm³/mol. The van der Waals surface area contributed by atoms with Gasteiger partial charge in [0.15, 0.2) is 5.17 Å². The van der Waals surface area contributed by atoms with Gasteiger partial charge in [-0.1, -0.05) is 11.8 Å². The molecule has 7 heteroatoms. The van der Waals surface area contributed by atoms with Gasteiger partial charge in [0.05, 0.1) is 19.4 Å². The predicted octanol–water partition coefficient (Wildman–Crippen LogP) is 3.07. The zero-order valence-corrected chi connectivity index (χ0v) is 13.7. The number of fused-ring (bicyclic) bond motifs is 1. The number of rotatable bonds is 5. The maximum Gasteiger partial charge on any atom is 0.303 e. The van der Waals surface area contributed by atoms with E-state index in [1.54, 1.807) is 18.9 Å². The van der Waals surface area contributed by atoms with Gasteiger partial charge in [-0.2, -0.15) is 0 Å². The Kier molecular flexibility index (Phi) is 5.37. The third kappa shape index (κ3) is 3.23. The van der Waals surface area contributed by atoms with E-state index < -0.39 is 5.97 Å². The molecule has 2 aliphatic heterocycles. The fourth-order valence-electron chi connectivity index (χ4n) is 2.49. The Balaban J connectivity index is 0.00000176. The number of hydrogen-bond donors (Lipinski definition) is 1. The molecule has 0 aromatic heterocycles. The summed E-state index contributed by atoms with van der Waals surface area (Å²) in [5.74, 6) is 0.0403. The van der Waals surface area contributed by atoms with Crippen molar-refractivity contribution in [3.63, 3.8) is 0 Å². The Morgan fingerprint density at radius 2 is 2.14 bits per heavy atom. The molecule has 3 rings (SSSR count). The first-order chi connectivity index (χ1) is 10.2. The van der Waals surface area contributed by atoms with Crippen molar-refractivity contribution in [1.29, 1.82) is 0 Å². The number of aliphatic carboxylic acids is 1. The van der Waals surface area contributed by atoms with Crippen molar-refractivity contribution in [2.45, 2.75) is 12.8 Å². The molecule has 0 spiro atoms. The monoisotopic (exact) mass is 340 g/mol. The Labute approximate surface area is 139 Å². The normalized spacial score (nSPS) is 16.2. The van der Waals surface area contributed by atoms with Crippen LogP contribution in [0.4, 0.5) is 0 Å². The number of ether oxygens (including phenoxy) is 1. The number of carboxylic acids is 1. The summed E-state index contributed by atoms with van der Waals surface area (Å²) in [6, 6.07) is 7.87. The molecule has 1 aromatic rings. The number of allylic oxidation sites excluding steroid dienone is 1. The van der Waals surface area contributed by atoms with Crippen LogP contribution in [0, 0.1) is 0 Å². The standard InChI is InChI=1S/C15H16N2O3S.ClH/c1-20-11-4-2-10(3-5-11)14-12(6-7-13(18)19)21-15-16-8-9-17(14)15;/h2-5H,6-9H2,1H3,(H,18,19);1H. The molecular formula is C15H17ClN2O3S. The summed E-state index contributed by atoms with van der Waals surface area (Å²) in [6.07, 6.45) is 0.681. The Morgan fingerprint density at radius 1 is 1.41 bits per heavy atom. The molecule has 0 unspecified atom stereocenters. The molecule has 0 saturated heterocycles. The fourth-order valence-corrected chi connectivity index (χ4v) is 3.68. The Hall–Kier alpha value is -1.66. The van der Waals surface area contributed by atoms with Crippen molar-refractivity contribution in [2.24, 2.45) is 4.99 Å². The maximum atomic E-state index is 10.8. The number of methoxy groups -OCH3 is 1. The Morgan fingerprint density at radius 3 is 2.77 bits per heavy atom. The van der Waals surface area contributed by atoms with Gasteiger partial charge in [0.25, 0.3) is 0 Å². The van der Waals surface area contributed by atoms with Crippen LogP contribution in [-0.2, 0) is 4.79 Å². The van der Waals surface area contributed by atoms with Crippen LogP contribution < -0.4 is 4.74 Å². The van der Waals surface area contributed by atoms with E-state index in [4.69, 9.17) is 9.84 Å². The van der Waals surface area contributed by atoms with Gasteiger partial charge in [0.1, 0.15) is 5.75 Å². The van der Waals surface area contributed by atoms with Gasteiger partial charge < -0.3 is 14.7 Å². The van der Waals surface area contributed by atoms with Crippen molar-refractivity contribution in [2.75, 3.05) is 20.2 Å². The lowest BCUT2D eigenvalue weighted by atomic mass is 10.1. The second-order valence-electron chi connectivity index (χ2n) is 4.81. The minimum atomic E-state index is -0.772. The van der Waals surface area contributed by atoms with Crippen LogP contribution in [0.3, 0.4) is 0 Å². The largest absolute Gasteiger partial charge is 0.497 e. The molecule has 1 aromatic carbocycles. The highest BCUT2D eigenvalue weighted by molar-refractivity contribution is 8.17. The average molecular weight is 341 g/mol. The van der Waals surface area contributed by atoms with Gasteiger partial charge in [-0.25, -0.2) is 0 Å². The SMILES string of the molecule is COc1ccc(C2=C(CCC(=O)O)SC3=NCCN32)cc1.Cl. The average Bonchev–Trinajstić information content (AvgIpc) is 3.05. The van der Waals surface area contributed by atoms with Crippen LogP contribution in [0.2, 0.25) is 0 Å². The van der Waals surface area contributed by atoms with Gasteiger partial charge in [0, 0.05) is 17.9 Å². The number of halogens is 1. The highest BCUT2D eigenvalue weighted by Crippen LogP contribution is 2.43. The van der Waals surface area contributed by atoms with Gasteiger partial charge in [0.2, 0.25) is 0 Å². The first kappa shape index (κ1) is 16.7. The minimum absolute atomic E-state index is 0. The van der Waals surface area contributed by atoms with E-state index in [1.165, 1.54) is 0 Å². The summed E-state index contributed by atoms with van der Waals surface area (Å²) in [5, 5.41) is 9.90. The van der Waals surface area contributed by atoms with Gasteiger partial charge in [-0.3, -0.25) is 9.79 Å². The summed E-state index contributed by atoms with van der Waals surface area (Å²) in [7, 11) is 1.64. The molecule has 2 heterocycles. The molecule has 0 saturated carbocycles. The molecule has 0 fully saturated rings. The number of aliphatic imine (C=N–C) groups is 1. The number of nitrogens with zero attached hydrogens (tertiary/aromatic N) is 2. The molecule has 0 amide bonds. The number of carbonyl (C=O) groups is 1. The van der Waals surface area contributed by atoms with Crippen LogP contribution in [-0.4, -0.2) is 41.3 Å². The first-order valence-corrected chi connectivity index (χ1v) is 7.60. The number of carboxylic acid groups (broad SMARTS) is 1. The van der Waals surface area contributed by atoms with Crippen molar-refractivity contribution in [3.8, 4) is 5.75 Å². The molecule has 0 atom stereocenters. The molecule has 5 nitrogen and oxygen atoms in total. The summed E-state index contributed by atoms with van der Waals surface area (Å²) in [4.78, 5) is 18.6. The third-order valence-electron chi connectivity index (χ3n) is 3.48. The van der Waals surface area contributed by atoms with Crippen molar-refractivity contribution >= 4 is 41.0 Å². The summed E-state index contributed by atoms with van der Waals surface area (Å²) in [6.45, 7) is 1.66. The van der Waals surface area contributed by atoms with E-state index in [9.17, 15) is 4.79 Å². The van der Waals surface area contributed by atoms with E-state index in [2.05, 4.69) is 9.89 Å². The van der Waals surface area contributed by atoms with Gasteiger partial charge in [-0.15, -0.1) is 12.4 Å². The molecule has 22 heavy (non-hydrogen) atoms. The minimum Gasteiger partial charge on any atom is -0.497 e. The van der Waals surface area contributed by atoms with Crippen molar-refractivity contribution in [1.82, 2.24) is 4.90 Å². The van der Waals surface area contributed by atoms with Crippen LogP contribution in [0.5, 0.6) is 5.75 Å². The second-order valence-corrected chi connectivity index (χ2v) is 5.87. The summed E-state index contributed by atoms with van der Waals surface area (Å²) in [5.41, 5.74) is 2.18. The highest BCUT2D eigenvalue weighted by Gasteiger charge is 2.32. The lowest BCUT2D eigenvalue weighted by Gasteiger charge is -2.17. The van der Waals surface area contributed by atoms with Crippen LogP contribution in [0.15, 0.2) is 34.2 Å². The molecule has 118 valence electrons. The van der Waals surface area contributed by atoms with E-state index in [0.29, 0.717) is 6.42 Å². The molecule has 2 aliphatic rings. The number of thioether (sulfide) groups is 1. The molecule has 0 aliphatic carbocycles. The van der Waals surface area contributed by atoms with Gasteiger partial charge >= 0.3 is 5.97 Å². The smallest absolute Gasteiger partial charge is 0.303 e. The topological polar surface area (TPSA) is 62.1 Å². The van der Waals surface area contributed by atoms with E-state index in [0.717, 1.165) is 40.2 Å². The first-order valence-electron chi connectivity index (χ1n) is 6.78.